The van der Waals surface area contributed by atoms with Gasteiger partial charge in [-0.3, -0.25) is 9.59 Å². The summed E-state index contributed by atoms with van der Waals surface area (Å²) in [5.74, 6) is 0.221. The highest BCUT2D eigenvalue weighted by Gasteiger charge is 2.40. The van der Waals surface area contributed by atoms with Crippen LogP contribution in [0.3, 0.4) is 0 Å². The maximum absolute atomic E-state index is 12.9. The van der Waals surface area contributed by atoms with Gasteiger partial charge in [-0.1, -0.05) is 13.8 Å². The number of ether oxygens (including phenoxy) is 2. The van der Waals surface area contributed by atoms with Gasteiger partial charge < -0.3 is 25.4 Å². The largest absolute Gasteiger partial charge is 0.472 e. The van der Waals surface area contributed by atoms with Gasteiger partial charge >= 0.3 is 6.09 Å². The first-order valence-corrected chi connectivity index (χ1v) is 13.9. The van der Waals surface area contributed by atoms with Crippen molar-refractivity contribution in [3.8, 4) is 16.7 Å². The average Bonchev–Trinajstić information content (AvgIpc) is 3.49. The summed E-state index contributed by atoms with van der Waals surface area (Å²) in [7, 11) is 0. The van der Waals surface area contributed by atoms with Crippen LogP contribution < -0.4 is 15.8 Å². The normalized spacial score (nSPS) is 19.3. The van der Waals surface area contributed by atoms with Crippen LogP contribution in [0.25, 0.3) is 10.8 Å². The fourth-order valence-electron chi connectivity index (χ4n) is 4.56. The van der Waals surface area contributed by atoms with Crippen LogP contribution in [0.15, 0.2) is 5.38 Å². The molecule has 2 aromatic rings. The zero-order valence-corrected chi connectivity index (χ0v) is 23.4. The molecule has 2 atom stereocenters. The summed E-state index contributed by atoms with van der Waals surface area (Å²) in [6.07, 6.45) is 2.71. The number of carbonyl (C=O) groups excluding carboxylic acids is 3. The van der Waals surface area contributed by atoms with E-state index in [2.05, 4.69) is 19.2 Å². The van der Waals surface area contributed by atoms with E-state index in [1.807, 2.05) is 5.38 Å². The number of hydrogen-bond acceptors (Lipinski definition) is 9. The summed E-state index contributed by atoms with van der Waals surface area (Å²) in [5, 5.41) is 5.20. The lowest BCUT2D eigenvalue weighted by atomic mass is 9.97. The van der Waals surface area contributed by atoms with Gasteiger partial charge in [0.15, 0.2) is 10.8 Å². The lowest BCUT2D eigenvalue weighted by molar-refractivity contribution is -0.136. The number of nitrogens with zero attached hydrogens (tertiary/aromatic N) is 4. The minimum atomic E-state index is -0.849. The van der Waals surface area contributed by atoms with Gasteiger partial charge in [-0.2, -0.15) is 4.98 Å². The number of hydrogen-bond donors (Lipinski definition) is 2. The molecule has 0 aromatic carbocycles. The van der Waals surface area contributed by atoms with Crippen molar-refractivity contribution in [3.05, 3.63) is 22.3 Å². The molecule has 0 radical (unpaired) electrons. The van der Waals surface area contributed by atoms with E-state index in [4.69, 9.17) is 30.2 Å². The number of rotatable bonds is 7. The molecule has 2 unspecified atom stereocenters. The Morgan fingerprint density at radius 2 is 1.92 bits per heavy atom. The van der Waals surface area contributed by atoms with E-state index in [0.29, 0.717) is 17.6 Å². The zero-order chi connectivity index (χ0) is 27.6. The number of nitrogens with two attached hydrogens (primary N) is 1. The van der Waals surface area contributed by atoms with E-state index >= 15 is 0 Å². The van der Waals surface area contributed by atoms with Gasteiger partial charge in [0.2, 0.25) is 17.7 Å². The Morgan fingerprint density at radius 1 is 1.18 bits per heavy atom. The maximum atomic E-state index is 12.9. The third kappa shape index (κ3) is 6.58. The number of carbonyl (C=O) groups is 3. The molecular weight excluding hydrogens is 508 g/mol. The van der Waals surface area contributed by atoms with Gasteiger partial charge in [-0.25, -0.2) is 14.8 Å². The molecule has 4 rings (SSSR count). The predicted molar refractivity (Wildman–Crippen MR) is 142 cm³/mol. The van der Waals surface area contributed by atoms with Crippen LogP contribution in [0.4, 0.5) is 4.79 Å². The number of alkyl carbamates (subject to hydrolysis) is 1. The zero-order valence-electron chi connectivity index (χ0n) is 22.6. The van der Waals surface area contributed by atoms with Crippen molar-refractivity contribution in [2.75, 3.05) is 13.1 Å². The van der Waals surface area contributed by atoms with Crippen LogP contribution in [0.2, 0.25) is 0 Å². The molecule has 0 spiro atoms. The minimum absolute atomic E-state index is 0.144. The van der Waals surface area contributed by atoms with E-state index in [-0.39, 0.29) is 19.5 Å². The Kier molecular flexibility index (Phi) is 8.19. The highest BCUT2D eigenvalue weighted by atomic mass is 32.1. The number of aryl methyl sites for hydroxylation is 1. The third-order valence-electron chi connectivity index (χ3n) is 6.42. The second-order valence-corrected chi connectivity index (χ2v) is 11.9. The maximum Gasteiger partial charge on any atom is 0.408 e. The van der Waals surface area contributed by atoms with E-state index in [1.54, 1.807) is 20.8 Å². The van der Waals surface area contributed by atoms with Crippen LogP contribution in [-0.4, -0.2) is 68.6 Å². The Balaban J connectivity index is 1.51. The molecule has 3 amide bonds. The summed E-state index contributed by atoms with van der Waals surface area (Å²) in [4.78, 5) is 52.7. The molecule has 206 valence electrons. The Hall–Kier alpha value is -3.28. The smallest absolute Gasteiger partial charge is 0.408 e. The molecule has 1 aliphatic carbocycles. The van der Waals surface area contributed by atoms with Gasteiger partial charge in [0.25, 0.3) is 0 Å². The van der Waals surface area contributed by atoms with Crippen molar-refractivity contribution in [2.24, 2.45) is 5.73 Å². The summed E-state index contributed by atoms with van der Waals surface area (Å²) in [6, 6.07) is -0.849. The highest BCUT2D eigenvalue weighted by Crippen LogP contribution is 2.33. The first kappa shape index (κ1) is 27.7. The molecule has 12 heteroatoms. The van der Waals surface area contributed by atoms with Crippen molar-refractivity contribution in [1.82, 2.24) is 25.2 Å². The standard InChI is InChI=1S/C26H36N6O5S/c1-14(2)18-13-38-24(30-18)22-29-17-9-7-6-8-16(17)23(31-22)36-15-10-19(21(27)34)32(12-15)20(33)11-28-25(35)37-26(3,4)5/h13-15,19H,6-12H2,1-5H3,(H2,27,34)(H,28,35). The van der Waals surface area contributed by atoms with E-state index in [9.17, 15) is 14.4 Å². The summed E-state index contributed by atoms with van der Waals surface area (Å²) in [6.45, 7) is 9.20. The third-order valence-corrected chi connectivity index (χ3v) is 7.28. The number of aromatic nitrogens is 3. The topological polar surface area (TPSA) is 150 Å². The molecule has 0 bridgehead atoms. The van der Waals surface area contributed by atoms with Gasteiger partial charge in [-0.15, -0.1) is 11.3 Å². The number of fused-ring (bicyclic) bond motifs is 1. The Morgan fingerprint density at radius 3 is 2.58 bits per heavy atom. The second kappa shape index (κ2) is 11.2. The van der Waals surface area contributed by atoms with Crippen molar-refractivity contribution in [1.29, 1.82) is 0 Å². The first-order valence-electron chi connectivity index (χ1n) is 13.0. The number of amides is 3. The highest BCUT2D eigenvalue weighted by molar-refractivity contribution is 7.13. The van der Waals surface area contributed by atoms with E-state index < -0.39 is 35.7 Å². The quantitative estimate of drug-likeness (QED) is 0.540. The molecular formula is C26H36N6O5S. The molecule has 2 aromatic heterocycles. The lowest BCUT2D eigenvalue weighted by Crippen LogP contribution is -2.48. The van der Waals surface area contributed by atoms with Gasteiger partial charge in [0.05, 0.1) is 17.9 Å². The molecule has 38 heavy (non-hydrogen) atoms. The Bertz CT molecular complexity index is 1210. The molecule has 1 aliphatic heterocycles. The van der Waals surface area contributed by atoms with Gasteiger partial charge in [0.1, 0.15) is 24.3 Å². The summed E-state index contributed by atoms with van der Waals surface area (Å²) >= 11 is 1.50. The summed E-state index contributed by atoms with van der Waals surface area (Å²) < 4.78 is 11.5. The van der Waals surface area contributed by atoms with E-state index in [0.717, 1.165) is 47.6 Å². The SMILES string of the molecule is CC(C)c1csc(-c2nc3c(c(OC4CC(C(N)=O)N(C(=O)CNC(=O)OC(C)(C)C)C4)n2)CCCC3)n1. The van der Waals surface area contributed by atoms with Crippen LogP contribution in [-0.2, 0) is 27.2 Å². The fourth-order valence-corrected chi connectivity index (χ4v) is 5.47. The second-order valence-electron chi connectivity index (χ2n) is 11.0. The fraction of sp³-hybridized carbons (Fsp3) is 0.615. The van der Waals surface area contributed by atoms with Crippen molar-refractivity contribution in [3.63, 3.8) is 0 Å². The van der Waals surface area contributed by atoms with Crippen LogP contribution >= 0.6 is 11.3 Å². The molecule has 2 aliphatic rings. The molecule has 0 saturated carbocycles. The molecule has 11 nitrogen and oxygen atoms in total. The molecule has 3 N–H and O–H groups in total. The lowest BCUT2D eigenvalue weighted by Gasteiger charge is -2.23. The van der Waals surface area contributed by atoms with Crippen LogP contribution in [0.1, 0.15) is 76.8 Å². The van der Waals surface area contributed by atoms with E-state index in [1.165, 1.54) is 16.2 Å². The molecule has 1 fully saturated rings. The number of likely N-dealkylation sites (tertiary alicyclic amines) is 1. The van der Waals surface area contributed by atoms with Crippen molar-refractivity contribution < 1.29 is 23.9 Å². The van der Waals surface area contributed by atoms with Crippen LogP contribution in [0, 0.1) is 0 Å². The number of nitrogens with one attached hydrogen (secondary N) is 1. The number of thiazole rings is 1. The summed E-state index contributed by atoms with van der Waals surface area (Å²) in [5.41, 5.74) is 7.84. The van der Waals surface area contributed by atoms with Crippen molar-refractivity contribution >= 4 is 29.2 Å². The minimum Gasteiger partial charge on any atom is -0.472 e. The monoisotopic (exact) mass is 544 g/mol. The van der Waals surface area contributed by atoms with Gasteiger partial charge in [0, 0.05) is 17.4 Å². The predicted octanol–water partition coefficient (Wildman–Crippen LogP) is 2.96. The van der Waals surface area contributed by atoms with Gasteiger partial charge in [-0.05, 0) is 52.4 Å². The molecule has 3 heterocycles. The number of primary amides is 1. The first-order chi connectivity index (χ1) is 17.9. The molecule has 1 saturated heterocycles. The van der Waals surface area contributed by atoms with Crippen molar-refractivity contribution in [2.45, 2.75) is 90.4 Å². The Labute approximate surface area is 226 Å². The van der Waals surface area contributed by atoms with Crippen LogP contribution in [0.5, 0.6) is 5.88 Å². The average molecular weight is 545 g/mol.